The van der Waals surface area contributed by atoms with Crippen molar-refractivity contribution in [1.82, 2.24) is 0 Å². The summed E-state index contributed by atoms with van der Waals surface area (Å²) in [6, 6.07) is 11.3. The van der Waals surface area contributed by atoms with Crippen molar-refractivity contribution in [3.8, 4) is 0 Å². The Labute approximate surface area is 131 Å². The van der Waals surface area contributed by atoms with Gasteiger partial charge in [0.1, 0.15) is 0 Å². The van der Waals surface area contributed by atoms with Gasteiger partial charge in [-0.15, -0.1) is 11.3 Å². The molecular formula is C19H23NS. The van der Waals surface area contributed by atoms with Crippen molar-refractivity contribution >= 4 is 17.0 Å². The van der Waals surface area contributed by atoms with Crippen LogP contribution in [0.2, 0.25) is 0 Å². The quantitative estimate of drug-likeness (QED) is 0.645. The number of thiophene rings is 1. The van der Waals surface area contributed by atoms with Crippen molar-refractivity contribution in [3.05, 3.63) is 57.3 Å². The molecule has 0 aliphatic carbocycles. The number of hydrogen-bond acceptors (Lipinski definition) is 2. The molecule has 0 bridgehead atoms. The molecule has 3 rings (SSSR count). The summed E-state index contributed by atoms with van der Waals surface area (Å²) < 4.78 is 0. The Morgan fingerprint density at radius 3 is 2.71 bits per heavy atom. The monoisotopic (exact) mass is 297 g/mol. The highest BCUT2D eigenvalue weighted by Crippen LogP contribution is 2.25. The summed E-state index contributed by atoms with van der Waals surface area (Å²) in [6.45, 7) is 3.19. The second-order valence-corrected chi connectivity index (χ2v) is 6.75. The van der Waals surface area contributed by atoms with Gasteiger partial charge in [0, 0.05) is 29.0 Å². The predicted molar refractivity (Wildman–Crippen MR) is 92.8 cm³/mol. The lowest BCUT2D eigenvalue weighted by atomic mass is 9.97. The van der Waals surface area contributed by atoms with Gasteiger partial charge in [-0.25, -0.2) is 0 Å². The lowest BCUT2D eigenvalue weighted by Gasteiger charge is -2.13. The average Bonchev–Trinajstić information content (AvgIpc) is 3.01. The molecule has 2 heteroatoms. The van der Waals surface area contributed by atoms with Gasteiger partial charge < -0.3 is 0 Å². The fourth-order valence-corrected chi connectivity index (χ4v) is 3.80. The summed E-state index contributed by atoms with van der Waals surface area (Å²) in [5, 5.41) is 2.19. The molecule has 1 aliphatic heterocycles. The van der Waals surface area contributed by atoms with Gasteiger partial charge in [0.2, 0.25) is 0 Å². The minimum Gasteiger partial charge on any atom is -0.284 e. The first kappa shape index (κ1) is 14.5. The van der Waals surface area contributed by atoms with E-state index in [0.29, 0.717) is 0 Å². The topological polar surface area (TPSA) is 12.4 Å². The number of aliphatic imine (C=N–C) groups is 1. The molecule has 21 heavy (non-hydrogen) atoms. The first-order valence-corrected chi connectivity index (χ1v) is 8.97. The fraction of sp³-hybridized carbons (Fsp3) is 0.421. The third-order valence-electron chi connectivity index (χ3n) is 4.16. The number of benzene rings is 1. The lowest BCUT2D eigenvalue weighted by Crippen LogP contribution is -2.11. The Morgan fingerprint density at radius 2 is 1.90 bits per heavy atom. The molecule has 1 aromatic carbocycles. The van der Waals surface area contributed by atoms with E-state index in [4.69, 9.17) is 4.99 Å². The molecule has 2 aromatic rings. The molecule has 0 fully saturated rings. The van der Waals surface area contributed by atoms with E-state index in [1.54, 1.807) is 0 Å². The van der Waals surface area contributed by atoms with Crippen LogP contribution in [0.3, 0.4) is 0 Å². The molecule has 1 aliphatic rings. The van der Waals surface area contributed by atoms with Crippen LogP contribution in [-0.4, -0.2) is 12.3 Å². The molecule has 0 amide bonds. The zero-order chi connectivity index (χ0) is 14.5. The van der Waals surface area contributed by atoms with E-state index in [1.807, 2.05) is 11.3 Å². The van der Waals surface area contributed by atoms with Gasteiger partial charge in [0.25, 0.3) is 0 Å². The second-order valence-electron chi connectivity index (χ2n) is 5.75. The van der Waals surface area contributed by atoms with E-state index in [-0.39, 0.29) is 0 Å². The molecule has 2 heterocycles. The minimum atomic E-state index is 0.932. The average molecular weight is 297 g/mol. The van der Waals surface area contributed by atoms with Gasteiger partial charge in [0.05, 0.1) is 5.71 Å². The summed E-state index contributed by atoms with van der Waals surface area (Å²) >= 11 is 1.86. The molecule has 0 saturated heterocycles. The van der Waals surface area contributed by atoms with Crippen molar-refractivity contribution in [2.24, 2.45) is 4.99 Å². The SMILES string of the molecule is CCCCCCc1ccc(C2=NCCc3sccc32)cc1. The number of unbranched alkanes of at least 4 members (excludes halogenated alkanes) is 3. The maximum absolute atomic E-state index is 4.75. The highest BCUT2D eigenvalue weighted by atomic mass is 32.1. The first-order chi connectivity index (χ1) is 10.4. The third-order valence-corrected chi connectivity index (χ3v) is 5.14. The normalized spacial score (nSPS) is 13.9. The largest absolute Gasteiger partial charge is 0.284 e. The van der Waals surface area contributed by atoms with E-state index in [0.717, 1.165) is 13.0 Å². The fourth-order valence-electron chi connectivity index (χ4n) is 2.93. The molecule has 0 spiro atoms. The molecular weight excluding hydrogens is 274 g/mol. The van der Waals surface area contributed by atoms with Crippen molar-refractivity contribution in [2.75, 3.05) is 6.54 Å². The van der Waals surface area contributed by atoms with Crippen LogP contribution in [0, 0.1) is 0 Å². The van der Waals surface area contributed by atoms with Crippen molar-refractivity contribution < 1.29 is 0 Å². The van der Waals surface area contributed by atoms with Gasteiger partial charge in [0.15, 0.2) is 0 Å². The smallest absolute Gasteiger partial charge is 0.0730 e. The summed E-state index contributed by atoms with van der Waals surface area (Å²) in [5.74, 6) is 0. The van der Waals surface area contributed by atoms with Crippen LogP contribution < -0.4 is 0 Å². The van der Waals surface area contributed by atoms with Crippen LogP contribution in [0.25, 0.3) is 0 Å². The summed E-state index contributed by atoms with van der Waals surface area (Å²) in [6.07, 6.45) is 7.63. The minimum absolute atomic E-state index is 0.932. The number of rotatable bonds is 6. The highest BCUT2D eigenvalue weighted by molar-refractivity contribution is 7.10. The second kappa shape index (κ2) is 7.04. The van der Waals surface area contributed by atoms with Crippen molar-refractivity contribution in [3.63, 3.8) is 0 Å². The number of hydrogen-bond donors (Lipinski definition) is 0. The van der Waals surface area contributed by atoms with E-state index < -0.39 is 0 Å². The zero-order valence-corrected chi connectivity index (χ0v) is 13.6. The van der Waals surface area contributed by atoms with E-state index >= 15 is 0 Å². The molecule has 110 valence electrons. The van der Waals surface area contributed by atoms with Crippen LogP contribution in [0.1, 0.15) is 54.2 Å². The Hall–Kier alpha value is -1.41. The van der Waals surface area contributed by atoms with Gasteiger partial charge in [-0.3, -0.25) is 4.99 Å². The maximum atomic E-state index is 4.75. The van der Waals surface area contributed by atoms with Gasteiger partial charge in [-0.05, 0) is 29.9 Å². The Kier molecular flexibility index (Phi) is 4.87. The molecule has 1 nitrogen and oxygen atoms in total. The summed E-state index contributed by atoms with van der Waals surface area (Å²) in [7, 11) is 0. The van der Waals surface area contributed by atoms with Crippen LogP contribution >= 0.6 is 11.3 Å². The molecule has 0 radical (unpaired) electrons. The van der Waals surface area contributed by atoms with Crippen LogP contribution in [0.5, 0.6) is 0 Å². The van der Waals surface area contributed by atoms with Crippen molar-refractivity contribution in [1.29, 1.82) is 0 Å². The Morgan fingerprint density at radius 1 is 1.05 bits per heavy atom. The van der Waals surface area contributed by atoms with Gasteiger partial charge in [-0.2, -0.15) is 0 Å². The molecule has 0 atom stereocenters. The van der Waals surface area contributed by atoms with Crippen LogP contribution in [0.4, 0.5) is 0 Å². The molecule has 0 unspecified atom stereocenters. The van der Waals surface area contributed by atoms with Crippen LogP contribution in [0.15, 0.2) is 40.7 Å². The Balaban J connectivity index is 1.69. The molecule has 0 N–H and O–H groups in total. The third kappa shape index (κ3) is 3.44. The lowest BCUT2D eigenvalue weighted by molar-refractivity contribution is 0.667. The number of fused-ring (bicyclic) bond motifs is 1. The summed E-state index contributed by atoms with van der Waals surface area (Å²) in [5.41, 5.74) is 5.26. The van der Waals surface area contributed by atoms with E-state index in [9.17, 15) is 0 Å². The summed E-state index contributed by atoms with van der Waals surface area (Å²) in [4.78, 5) is 6.24. The zero-order valence-electron chi connectivity index (χ0n) is 12.8. The van der Waals surface area contributed by atoms with Gasteiger partial charge >= 0.3 is 0 Å². The van der Waals surface area contributed by atoms with E-state index in [1.165, 1.54) is 59.4 Å². The molecule has 0 saturated carbocycles. The van der Waals surface area contributed by atoms with E-state index in [2.05, 4.69) is 42.6 Å². The Bertz CT molecular complexity index is 607. The van der Waals surface area contributed by atoms with Crippen molar-refractivity contribution in [2.45, 2.75) is 45.4 Å². The molecule has 1 aromatic heterocycles. The standard InChI is InChI=1S/C19H23NS/c1-2-3-4-5-6-15-7-9-16(10-8-15)19-17-12-14-21-18(17)11-13-20-19/h7-10,12,14H,2-6,11,13H2,1H3. The number of nitrogens with zero attached hydrogens (tertiary/aromatic N) is 1. The first-order valence-electron chi connectivity index (χ1n) is 8.09. The number of aryl methyl sites for hydroxylation is 1. The highest BCUT2D eigenvalue weighted by Gasteiger charge is 2.16. The van der Waals surface area contributed by atoms with Crippen LogP contribution in [-0.2, 0) is 12.8 Å². The van der Waals surface area contributed by atoms with Gasteiger partial charge in [-0.1, -0.05) is 50.5 Å². The predicted octanol–water partition coefficient (Wildman–Crippen LogP) is 5.26. The maximum Gasteiger partial charge on any atom is 0.0730 e.